The van der Waals surface area contributed by atoms with E-state index in [-0.39, 0.29) is 5.82 Å². The van der Waals surface area contributed by atoms with Gasteiger partial charge in [-0.2, -0.15) is 0 Å². The van der Waals surface area contributed by atoms with Crippen molar-refractivity contribution in [2.24, 2.45) is 5.92 Å². The Morgan fingerprint density at radius 2 is 2.10 bits per heavy atom. The van der Waals surface area contributed by atoms with Gasteiger partial charge in [0.15, 0.2) is 0 Å². The molecule has 1 aromatic carbocycles. The van der Waals surface area contributed by atoms with Gasteiger partial charge in [-0.1, -0.05) is 31.7 Å². The Kier molecular flexibility index (Phi) is 6.21. The lowest BCUT2D eigenvalue weighted by Gasteiger charge is -2.09. The number of hydrogen-bond donors (Lipinski definition) is 1. The molecule has 2 nitrogen and oxygen atoms in total. The number of halogens is 2. The number of nitrogens with zero attached hydrogens (tertiary/aromatic N) is 1. The minimum absolute atomic E-state index is 0.200. The maximum absolute atomic E-state index is 14.1. The first-order chi connectivity index (χ1) is 10.0. The summed E-state index contributed by atoms with van der Waals surface area (Å²) in [5.74, 6) is 0.390. The predicted octanol–water partition coefficient (Wildman–Crippen LogP) is 4.88. The van der Waals surface area contributed by atoms with E-state index in [0.29, 0.717) is 17.4 Å². The lowest BCUT2D eigenvalue weighted by atomic mass is 10.2. The van der Waals surface area contributed by atoms with Crippen LogP contribution in [0.5, 0.6) is 0 Å². The van der Waals surface area contributed by atoms with Crippen molar-refractivity contribution in [2.45, 2.75) is 30.3 Å². The molecule has 112 valence electrons. The van der Waals surface area contributed by atoms with Gasteiger partial charge in [-0.25, -0.2) is 9.37 Å². The second-order valence-electron chi connectivity index (χ2n) is 5.21. The summed E-state index contributed by atoms with van der Waals surface area (Å²) >= 11 is 4.67. The van der Waals surface area contributed by atoms with Crippen molar-refractivity contribution in [3.05, 3.63) is 52.4 Å². The molecule has 0 aliphatic heterocycles. The molecule has 21 heavy (non-hydrogen) atoms. The Labute approximate surface area is 137 Å². The largest absolute Gasteiger partial charge is 0.312 e. The van der Waals surface area contributed by atoms with Gasteiger partial charge in [0.1, 0.15) is 10.8 Å². The summed E-state index contributed by atoms with van der Waals surface area (Å²) in [5.41, 5.74) is 0.960. The molecule has 0 spiro atoms. The highest BCUT2D eigenvalue weighted by Gasteiger charge is 2.07. The SMILES string of the molecule is CC(C)CNCc1ccc(Sc2ccc(Br)cn2)c(F)c1. The molecule has 0 unspecified atom stereocenters. The minimum Gasteiger partial charge on any atom is -0.312 e. The third-order valence-corrected chi connectivity index (χ3v) is 4.26. The summed E-state index contributed by atoms with van der Waals surface area (Å²) in [6, 6.07) is 9.13. The lowest BCUT2D eigenvalue weighted by molar-refractivity contribution is 0.548. The van der Waals surface area contributed by atoms with E-state index in [0.717, 1.165) is 21.6 Å². The minimum atomic E-state index is -0.200. The van der Waals surface area contributed by atoms with E-state index in [9.17, 15) is 4.39 Å². The van der Waals surface area contributed by atoms with Crippen molar-refractivity contribution >= 4 is 27.7 Å². The molecule has 0 aliphatic carbocycles. The monoisotopic (exact) mass is 368 g/mol. The molecule has 0 radical (unpaired) electrons. The van der Waals surface area contributed by atoms with Crippen LogP contribution in [0, 0.1) is 11.7 Å². The Bertz CT molecular complexity index is 587. The molecule has 0 aliphatic rings. The Hall–Kier alpha value is -0.910. The van der Waals surface area contributed by atoms with Crippen LogP contribution < -0.4 is 5.32 Å². The molecule has 1 N–H and O–H groups in total. The van der Waals surface area contributed by atoms with E-state index in [1.807, 2.05) is 24.3 Å². The van der Waals surface area contributed by atoms with Gasteiger partial charge in [0.2, 0.25) is 0 Å². The molecule has 2 rings (SSSR count). The van der Waals surface area contributed by atoms with Crippen molar-refractivity contribution in [2.75, 3.05) is 6.54 Å². The smallest absolute Gasteiger partial charge is 0.137 e. The fourth-order valence-corrected chi connectivity index (χ4v) is 2.77. The van der Waals surface area contributed by atoms with Gasteiger partial charge >= 0.3 is 0 Å². The predicted molar refractivity (Wildman–Crippen MR) is 89.0 cm³/mol. The highest BCUT2D eigenvalue weighted by molar-refractivity contribution is 9.10. The van der Waals surface area contributed by atoms with Crippen LogP contribution in [0.2, 0.25) is 0 Å². The van der Waals surface area contributed by atoms with Crippen LogP contribution in [0.15, 0.2) is 50.9 Å². The van der Waals surface area contributed by atoms with Crippen LogP contribution >= 0.6 is 27.7 Å². The Morgan fingerprint density at radius 3 is 2.71 bits per heavy atom. The van der Waals surface area contributed by atoms with Crippen molar-refractivity contribution in [3.63, 3.8) is 0 Å². The summed E-state index contributed by atoms with van der Waals surface area (Å²) in [6.07, 6.45) is 1.71. The second kappa shape index (κ2) is 7.92. The van der Waals surface area contributed by atoms with Gasteiger partial charge in [-0.05, 0) is 58.2 Å². The standard InChI is InChI=1S/C16H18BrFN2S/c1-11(2)8-19-9-12-3-5-15(14(18)7-12)21-16-6-4-13(17)10-20-16/h3-7,10-11,19H,8-9H2,1-2H3. The Balaban J connectivity index is 2.00. The topological polar surface area (TPSA) is 24.9 Å². The maximum atomic E-state index is 14.1. The maximum Gasteiger partial charge on any atom is 0.137 e. The fraction of sp³-hybridized carbons (Fsp3) is 0.312. The number of benzene rings is 1. The van der Waals surface area contributed by atoms with Gasteiger partial charge in [0.05, 0.1) is 0 Å². The zero-order valence-corrected chi connectivity index (χ0v) is 14.5. The third-order valence-electron chi connectivity index (χ3n) is 2.79. The van der Waals surface area contributed by atoms with Crippen LogP contribution in [0.25, 0.3) is 0 Å². The van der Waals surface area contributed by atoms with Gasteiger partial charge in [0, 0.05) is 22.1 Å². The summed E-state index contributed by atoms with van der Waals surface area (Å²) in [7, 11) is 0. The molecule has 0 saturated carbocycles. The molecule has 0 amide bonds. The highest BCUT2D eigenvalue weighted by atomic mass is 79.9. The molecule has 1 aromatic heterocycles. The van der Waals surface area contributed by atoms with Gasteiger partial charge < -0.3 is 5.32 Å². The van der Waals surface area contributed by atoms with Crippen LogP contribution in [-0.2, 0) is 6.54 Å². The number of aromatic nitrogens is 1. The van der Waals surface area contributed by atoms with Crippen molar-refractivity contribution in [1.82, 2.24) is 10.3 Å². The lowest BCUT2D eigenvalue weighted by Crippen LogP contribution is -2.18. The first kappa shape index (κ1) is 16.5. The molecule has 0 bridgehead atoms. The molecule has 0 fully saturated rings. The van der Waals surface area contributed by atoms with Crippen LogP contribution in [-0.4, -0.2) is 11.5 Å². The average Bonchev–Trinajstić information content (AvgIpc) is 2.44. The molecule has 0 saturated heterocycles. The van der Waals surface area contributed by atoms with E-state index in [1.54, 1.807) is 12.3 Å². The van der Waals surface area contributed by atoms with E-state index in [4.69, 9.17) is 0 Å². The van der Waals surface area contributed by atoms with Gasteiger partial charge in [-0.15, -0.1) is 0 Å². The van der Waals surface area contributed by atoms with Gasteiger partial charge in [0.25, 0.3) is 0 Å². The van der Waals surface area contributed by atoms with E-state index in [2.05, 4.69) is 40.1 Å². The van der Waals surface area contributed by atoms with E-state index >= 15 is 0 Å². The van der Waals surface area contributed by atoms with Crippen LogP contribution in [0.3, 0.4) is 0 Å². The van der Waals surface area contributed by atoms with E-state index < -0.39 is 0 Å². The number of pyridine rings is 1. The third kappa shape index (κ3) is 5.41. The summed E-state index contributed by atoms with van der Waals surface area (Å²) in [5, 5.41) is 4.09. The quantitative estimate of drug-likeness (QED) is 0.786. The molecule has 1 heterocycles. The van der Waals surface area contributed by atoms with Crippen LogP contribution in [0.4, 0.5) is 4.39 Å². The van der Waals surface area contributed by atoms with Crippen molar-refractivity contribution in [1.29, 1.82) is 0 Å². The summed E-state index contributed by atoms with van der Waals surface area (Å²) in [4.78, 5) is 4.84. The normalized spacial score (nSPS) is 11.1. The van der Waals surface area contributed by atoms with Crippen molar-refractivity contribution < 1.29 is 4.39 Å². The first-order valence-corrected chi connectivity index (χ1v) is 8.44. The molecular weight excluding hydrogens is 351 g/mol. The van der Waals surface area contributed by atoms with Crippen LogP contribution in [0.1, 0.15) is 19.4 Å². The first-order valence-electron chi connectivity index (χ1n) is 6.83. The number of nitrogens with one attached hydrogen (secondary N) is 1. The summed E-state index contributed by atoms with van der Waals surface area (Å²) < 4.78 is 15.0. The Morgan fingerprint density at radius 1 is 1.29 bits per heavy atom. The average molecular weight is 369 g/mol. The zero-order valence-electron chi connectivity index (χ0n) is 12.1. The molecule has 5 heteroatoms. The number of hydrogen-bond acceptors (Lipinski definition) is 3. The molecule has 2 aromatic rings. The molecule has 0 atom stereocenters. The van der Waals surface area contributed by atoms with Gasteiger partial charge in [-0.3, -0.25) is 0 Å². The fourth-order valence-electron chi connectivity index (χ4n) is 1.78. The zero-order chi connectivity index (χ0) is 15.2. The number of rotatable bonds is 6. The second-order valence-corrected chi connectivity index (χ2v) is 7.18. The van der Waals surface area contributed by atoms with Crippen molar-refractivity contribution in [3.8, 4) is 0 Å². The molecular formula is C16H18BrFN2S. The van der Waals surface area contributed by atoms with E-state index in [1.165, 1.54) is 11.8 Å². The summed E-state index contributed by atoms with van der Waals surface area (Å²) in [6.45, 7) is 5.93. The highest BCUT2D eigenvalue weighted by Crippen LogP contribution is 2.29.